The molecule has 8 heteroatoms. The van der Waals surface area contributed by atoms with Crippen molar-refractivity contribution in [3.05, 3.63) is 54.0 Å². The highest BCUT2D eigenvalue weighted by Gasteiger charge is 2.41. The third-order valence-electron chi connectivity index (χ3n) is 3.17. The number of hydrogen-bond acceptors (Lipinski definition) is 7. The van der Waals surface area contributed by atoms with Crippen molar-refractivity contribution in [1.82, 2.24) is 0 Å². The summed E-state index contributed by atoms with van der Waals surface area (Å²) in [5.41, 5.74) is 0.998. The number of ether oxygens (including phenoxy) is 2. The van der Waals surface area contributed by atoms with E-state index in [9.17, 15) is 9.36 Å². The maximum Gasteiger partial charge on any atom is 0.378 e. The van der Waals surface area contributed by atoms with Crippen molar-refractivity contribution in [2.24, 2.45) is 0 Å². The fourth-order valence-electron chi connectivity index (χ4n) is 1.98. The minimum atomic E-state index is -3.73. The third-order valence-corrected chi connectivity index (χ3v) is 5.12. The molecule has 0 aliphatic rings. The second-order valence-electron chi connectivity index (χ2n) is 4.87. The molecule has 24 heavy (non-hydrogen) atoms. The first-order valence-corrected chi connectivity index (χ1v) is 8.73. The Bertz CT molecular complexity index is 703. The van der Waals surface area contributed by atoms with E-state index in [1.54, 1.807) is 18.2 Å². The second-order valence-corrected chi connectivity index (χ2v) is 7.15. The van der Waals surface area contributed by atoms with Crippen LogP contribution in [0.4, 0.5) is 0 Å². The van der Waals surface area contributed by atoms with Crippen LogP contribution in [0, 0.1) is 6.92 Å². The Hall–Kier alpha value is -2.08. The molecule has 1 aromatic carbocycles. The number of esters is 1. The SMILES string of the molecule is COP(=O)(OC)C(OC(=O)COc1cccc(C)c1)c1ccco1. The van der Waals surface area contributed by atoms with E-state index in [-0.39, 0.29) is 12.4 Å². The summed E-state index contributed by atoms with van der Waals surface area (Å²) in [6, 6.07) is 10.3. The van der Waals surface area contributed by atoms with E-state index < -0.39 is 19.4 Å². The van der Waals surface area contributed by atoms with Crippen molar-refractivity contribution < 1.29 is 32.3 Å². The average Bonchev–Trinajstić information content (AvgIpc) is 3.11. The van der Waals surface area contributed by atoms with Gasteiger partial charge in [-0.15, -0.1) is 0 Å². The number of carbonyl (C=O) groups excluding carboxylic acids is 1. The van der Waals surface area contributed by atoms with E-state index in [1.807, 2.05) is 19.1 Å². The summed E-state index contributed by atoms with van der Waals surface area (Å²) < 4.78 is 38.2. The van der Waals surface area contributed by atoms with Gasteiger partial charge in [-0.2, -0.15) is 0 Å². The lowest BCUT2D eigenvalue weighted by Crippen LogP contribution is -2.19. The van der Waals surface area contributed by atoms with Crippen LogP contribution in [0.2, 0.25) is 0 Å². The molecule has 0 N–H and O–H groups in total. The molecule has 7 nitrogen and oxygen atoms in total. The number of hydrogen-bond donors (Lipinski definition) is 0. The third kappa shape index (κ3) is 4.47. The van der Waals surface area contributed by atoms with Crippen LogP contribution in [0.15, 0.2) is 47.1 Å². The van der Waals surface area contributed by atoms with E-state index in [4.69, 9.17) is 22.9 Å². The molecule has 1 aromatic heterocycles. The number of benzene rings is 1. The highest BCUT2D eigenvalue weighted by Crippen LogP contribution is 2.60. The molecular formula is C16H19O7P. The molecule has 0 radical (unpaired) electrons. The molecule has 1 unspecified atom stereocenters. The normalized spacial score (nSPS) is 12.6. The summed E-state index contributed by atoms with van der Waals surface area (Å²) in [5.74, 6) is -1.35. The largest absolute Gasteiger partial charge is 0.482 e. The van der Waals surface area contributed by atoms with E-state index in [0.29, 0.717) is 5.75 Å². The molecule has 2 rings (SSSR count). The molecule has 0 aliphatic heterocycles. The van der Waals surface area contributed by atoms with Crippen molar-refractivity contribution in [2.75, 3.05) is 20.8 Å². The van der Waals surface area contributed by atoms with Crippen LogP contribution in [0.5, 0.6) is 5.75 Å². The topological polar surface area (TPSA) is 84.2 Å². The Labute approximate surface area is 140 Å². The predicted molar refractivity (Wildman–Crippen MR) is 85.8 cm³/mol. The lowest BCUT2D eigenvalue weighted by molar-refractivity contribution is -0.149. The molecule has 0 amide bonds. The molecule has 0 aliphatic carbocycles. The predicted octanol–water partition coefficient (Wildman–Crippen LogP) is 3.69. The fraction of sp³-hybridized carbons (Fsp3) is 0.312. The van der Waals surface area contributed by atoms with E-state index in [2.05, 4.69) is 0 Å². The number of furan rings is 1. The van der Waals surface area contributed by atoms with Gasteiger partial charge < -0.3 is 22.9 Å². The highest BCUT2D eigenvalue weighted by atomic mass is 31.2. The Balaban J connectivity index is 2.06. The van der Waals surface area contributed by atoms with Crippen LogP contribution in [-0.4, -0.2) is 26.8 Å². The highest BCUT2D eigenvalue weighted by molar-refractivity contribution is 7.54. The zero-order valence-corrected chi connectivity index (χ0v) is 14.5. The van der Waals surface area contributed by atoms with Crippen LogP contribution in [0.1, 0.15) is 17.2 Å². The Morgan fingerprint density at radius 1 is 1.21 bits per heavy atom. The minimum Gasteiger partial charge on any atom is -0.482 e. The monoisotopic (exact) mass is 354 g/mol. The molecule has 0 bridgehead atoms. The average molecular weight is 354 g/mol. The Morgan fingerprint density at radius 3 is 2.54 bits per heavy atom. The van der Waals surface area contributed by atoms with Gasteiger partial charge in [0, 0.05) is 14.2 Å². The molecule has 1 atom stereocenters. The van der Waals surface area contributed by atoms with Gasteiger partial charge >= 0.3 is 13.6 Å². The van der Waals surface area contributed by atoms with Gasteiger partial charge in [0.2, 0.25) is 0 Å². The summed E-state index contributed by atoms with van der Waals surface area (Å²) in [6.45, 7) is 1.56. The fourth-order valence-corrected chi connectivity index (χ4v) is 3.22. The first kappa shape index (κ1) is 18.3. The van der Waals surface area contributed by atoms with E-state index in [1.165, 1.54) is 26.5 Å². The van der Waals surface area contributed by atoms with Gasteiger partial charge in [0.1, 0.15) is 5.75 Å². The summed E-state index contributed by atoms with van der Waals surface area (Å²) >= 11 is 0. The van der Waals surface area contributed by atoms with Crippen LogP contribution < -0.4 is 4.74 Å². The van der Waals surface area contributed by atoms with Gasteiger partial charge in [-0.05, 0) is 36.8 Å². The van der Waals surface area contributed by atoms with Gasteiger partial charge in [0.15, 0.2) is 12.4 Å². The summed E-state index contributed by atoms with van der Waals surface area (Å²) in [6.07, 6.45) is 1.37. The second kappa shape index (κ2) is 8.15. The summed E-state index contributed by atoms with van der Waals surface area (Å²) in [7, 11) is -1.32. The molecule has 0 saturated heterocycles. The van der Waals surface area contributed by atoms with Gasteiger partial charge in [-0.3, -0.25) is 4.57 Å². The van der Waals surface area contributed by atoms with Crippen molar-refractivity contribution in [1.29, 1.82) is 0 Å². The summed E-state index contributed by atoms with van der Waals surface area (Å²) in [4.78, 5) is 12.1. The number of aryl methyl sites for hydroxylation is 1. The quantitative estimate of drug-likeness (QED) is 0.528. The van der Waals surface area contributed by atoms with Crippen LogP contribution >= 0.6 is 7.60 Å². The smallest absolute Gasteiger partial charge is 0.378 e. The van der Waals surface area contributed by atoms with Crippen molar-refractivity contribution >= 4 is 13.6 Å². The van der Waals surface area contributed by atoms with Crippen LogP contribution in [-0.2, 0) is 23.1 Å². The van der Waals surface area contributed by atoms with E-state index in [0.717, 1.165) is 5.56 Å². The van der Waals surface area contributed by atoms with E-state index >= 15 is 0 Å². The van der Waals surface area contributed by atoms with Crippen molar-refractivity contribution in [3.8, 4) is 5.75 Å². The number of carbonyl (C=O) groups is 1. The van der Waals surface area contributed by atoms with Gasteiger partial charge in [0.05, 0.1) is 6.26 Å². The van der Waals surface area contributed by atoms with Gasteiger partial charge in [0.25, 0.3) is 5.85 Å². The maximum atomic E-state index is 12.6. The molecule has 0 spiro atoms. The molecule has 2 aromatic rings. The zero-order chi connectivity index (χ0) is 17.6. The van der Waals surface area contributed by atoms with Crippen LogP contribution in [0.3, 0.4) is 0 Å². The molecule has 0 saturated carbocycles. The maximum absolute atomic E-state index is 12.6. The lowest BCUT2D eigenvalue weighted by Gasteiger charge is -2.22. The van der Waals surface area contributed by atoms with Crippen molar-refractivity contribution in [2.45, 2.75) is 12.8 Å². The molecular weight excluding hydrogens is 335 g/mol. The molecule has 1 heterocycles. The van der Waals surface area contributed by atoms with Gasteiger partial charge in [-0.1, -0.05) is 12.1 Å². The minimum absolute atomic E-state index is 0.158. The first-order chi connectivity index (χ1) is 11.5. The number of rotatable bonds is 8. The Morgan fingerprint density at radius 2 is 1.96 bits per heavy atom. The Kier molecular flexibility index (Phi) is 6.20. The van der Waals surface area contributed by atoms with Gasteiger partial charge in [-0.25, -0.2) is 4.79 Å². The standard InChI is InChI=1S/C16H19O7P/c1-12-6-4-7-13(10-12)22-11-15(17)23-16(14-8-5-9-21-14)24(18,19-2)20-3/h4-10,16H,11H2,1-3H3. The zero-order valence-electron chi connectivity index (χ0n) is 13.6. The van der Waals surface area contributed by atoms with Crippen molar-refractivity contribution in [3.63, 3.8) is 0 Å². The summed E-state index contributed by atoms with van der Waals surface area (Å²) in [5, 5.41) is 0. The lowest BCUT2D eigenvalue weighted by atomic mass is 10.2. The molecule has 0 fully saturated rings. The molecule has 130 valence electrons. The van der Waals surface area contributed by atoms with Crippen LogP contribution in [0.25, 0.3) is 0 Å². The first-order valence-electron chi connectivity index (χ1n) is 7.12.